The quantitative estimate of drug-likeness (QED) is 0.479. The van der Waals surface area contributed by atoms with Gasteiger partial charge in [0.05, 0.1) is 26.7 Å². The van der Waals surface area contributed by atoms with Gasteiger partial charge in [0.2, 0.25) is 0 Å². The fourth-order valence-electron chi connectivity index (χ4n) is 1.18. The van der Waals surface area contributed by atoms with E-state index in [2.05, 4.69) is 20.9 Å². The molecule has 0 aliphatic heterocycles. The summed E-state index contributed by atoms with van der Waals surface area (Å²) in [7, 11) is 2.11. The van der Waals surface area contributed by atoms with Crippen LogP contribution in [0.4, 0.5) is 13.2 Å². The third-order valence-corrected chi connectivity index (χ3v) is 2.83. The molecule has 0 aromatic rings. The lowest BCUT2D eigenvalue weighted by molar-refractivity contribution is -0.900. The van der Waals surface area contributed by atoms with Crippen molar-refractivity contribution in [2.24, 2.45) is 0 Å². The summed E-state index contributed by atoms with van der Waals surface area (Å²) in [4.78, 5) is 0. The molecular formula is C11H21F3N+. The van der Waals surface area contributed by atoms with E-state index in [0.29, 0.717) is 0 Å². The summed E-state index contributed by atoms with van der Waals surface area (Å²) in [5, 5.41) is 0. The number of likely N-dealkylation sites (N-methyl/N-ethyl adjacent to an activating group) is 1. The van der Waals surface area contributed by atoms with Gasteiger partial charge in [0.25, 0.3) is 0 Å². The monoisotopic (exact) mass is 224 g/mol. The Morgan fingerprint density at radius 2 is 1.60 bits per heavy atom. The highest BCUT2D eigenvalue weighted by atomic mass is 19.4. The maximum atomic E-state index is 11.8. The fourth-order valence-corrected chi connectivity index (χ4v) is 1.18. The summed E-state index contributed by atoms with van der Waals surface area (Å²) < 4.78 is 36.3. The van der Waals surface area contributed by atoms with Crippen LogP contribution in [0.5, 0.6) is 0 Å². The number of hydrogen-bond donors (Lipinski definition) is 0. The molecule has 4 heteroatoms. The molecule has 0 radical (unpaired) electrons. The van der Waals surface area contributed by atoms with Crippen LogP contribution in [-0.2, 0) is 0 Å². The molecule has 0 spiro atoms. The lowest BCUT2D eigenvalue weighted by Gasteiger charge is -2.30. The smallest absolute Gasteiger partial charge is 0.323 e. The number of alkyl halides is 3. The van der Waals surface area contributed by atoms with E-state index in [1.54, 1.807) is 6.08 Å². The zero-order chi connectivity index (χ0) is 11.9. The van der Waals surface area contributed by atoms with Crippen LogP contribution in [0.2, 0.25) is 0 Å². The Bertz CT molecular complexity index is 192. The van der Waals surface area contributed by atoms with Gasteiger partial charge in [0, 0.05) is 6.42 Å². The second-order valence-corrected chi connectivity index (χ2v) is 4.06. The van der Waals surface area contributed by atoms with Crippen molar-refractivity contribution in [1.29, 1.82) is 0 Å². The maximum absolute atomic E-state index is 11.8. The van der Waals surface area contributed by atoms with E-state index in [9.17, 15) is 13.2 Å². The van der Waals surface area contributed by atoms with Crippen molar-refractivity contribution in [2.75, 3.05) is 26.7 Å². The molecule has 0 amide bonds. The molecule has 0 aromatic carbocycles. The topological polar surface area (TPSA) is 0 Å². The fraction of sp³-hybridized carbons (Fsp3) is 0.818. The number of halogens is 3. The zero-order valence-electron chi connectivity index (χ0n) is 9.77. The molecule has 0 aliphatic rings. The van der Waals surface area contributed by atoms with Gasteiger partial charge in [-0.05, 0) is 26.3 Å². The number of rotatable bonds is 6. The standard InChI is InChI=1S/C11H21F3N/c1-4-15(3,5-2)10-8-6-7-9-11(12,13)14/h6,8H,4-5,7,9-10H2,1-3H3/q+1. The van der Waals surface area contributed by atoms with Crippen molar-refractivity contribution in [3.8, 4) is 0 Å². The maximum Gasteiger partial charge on any atom is 0.389 e. The molecule has 0 saturated heterocycles. The molecule has 0 N–H and O–H groups in total. The molecule has 0 aliphatic carbocycles. The summed E-state index contributed by atoms with van der Waals surface area (Å²) in [6.45, 7) is 6.99. The van der Waals surface area contributed by atoms with Crippen molar-refractivity contribution in [2.45, 2.75) is 32.9 Å². The van der Waals surface area contributed by atoms with Crippen LogP contribution in [0.15, 0.2) is 12.2 Å². The van der Waals surface area contributed by atoms with Crippen LogP contribution in [0.25, 0.3) is 0 Å². The summed E-state index contributed by atoms with van der Waals surface area (Å²) in [6.07, 6.45) is -1.16. The first kappa shape index (κ1) is 14.5. The van der Waals surface area contributed by atoms with Gasteiger partial charge in [-0.2, -0.15) is 13.2 Å². The van der Waals surface area contributed by atoms with Gasteiger partial charge in [-0.15, -0.1) is 0 Å². The van der Waals surface area contributed by atoms with E-state index in [1.807, 2.05) is 6.08 Å². The molecule has 90 valence electrons. The first-order chi connectivity index (χ1) is 6.83. The predicted octanol–water partition coefficient (Wildman–Crippen LogP) is 3.37. The van der Waals surface area contributed by atoms with Crippen molar-refractivity contribution in [1.82, 2.24) is 0 Å². The average Bonchev–Trinajstić information content (AvgIpc) is 2.15. The van der Waals surface area contributed by atoms with Crippen LogP contribution in [0.3, 0.4) is 0 Å². The van der Waals surface area contributed by atoms with Crippen molar-refractivity contribution in [3.63, 3.8) is 0 Å². The molecule has 0 atom stereocenters. The van der Waals surface area contributed by atoms with Crippen LogP contribution >= 0.6 is 0 Å². The summed E-state index contributed by atoms with van der Waals surface area (Å²) >= 11 is 0. The van der Waals surface area contributed by atoms with Crippen LogP contribution in [0.1, 0.15) is 26.7 Å². The predicted molar refractivity (Wildman–Crippen MR) is 56.6 cm³/mol. The van der Waals surface area contributed by atoms with E-state index in [0.717, 1.165) is 24.1 Å². The van der Waals surface area contributed by atoms with E-state index < -0.39 is 12.6 Å². The van der Waals surface area contributed by atoms with Gasteiger partial charge in [-0.1, -0.05) is 6.08 Å². The van der Waals surface area contributed by atoms with Crippen molar-refractivity contribution in [3.05, 3.63) is 12.2 Å². The average molecular weight is 224 g/mol. The molecule has 0 fully saturated rings. The normalized spacial score (nSPS) is 13.7. The minimum absolute atomic E-state index is 0.0942. The first-order valence-corrected chi connectivity index (χ1v) is 5.38. The summed E-state index contributed by atoms with van der Waals surface area (Å²) in [6, 6.07) is 0. The van der Waals surface area contributed by atoms with Crippen LogP contribution in [0, 0.1) is 0 Å². The molecule has 1 nitrogen and oxygen atoms in total. The van der Waals surface area contributed by atoms with E-state index in [-0.39, 0.29) is 6.42 Å². The Labute approximate surface area is 90.2 Å². The SMILES string of the molecule is CC[N+](C)(CC)CC=CCCC(F)(F)F. The van der Waals surface area contributed by atoms with Gasteiger partial charge >= 0.3 is 6.18 Å². The minimum atomic E-state index is -4.03. The Morgan fingerprint density at radius 1 is 1.07 bits per heavy atom. The zero-order valence-corrected chi connectivity index (χ0v) is 9.77. The minimum Gasteiger partial charge on any atom is -0.323 e. The molecule has 15 heavy (non-hydrogen) atoms. The van der Waals surface area contributed by atoms with Gasteiger partial charge in [-0.3, -0.25) is 0 Å². The first-order valence-electron chi connectivity index (χ1n) is 5.38. The van der Waals surface area contributed by atoms with Crippen molar-refractivity contribution >= 4 is 0 Å². The molecule has 0 bridgehead atoms. The molecule has 0 rings (SSSR count). The third kappa shape index (κ3) is 7.42. The molecule has 0 unspecified atom stereocenters. The lowest BCUT2D eigenvalue weighted by Crippen LogP contribution is -2.43. The van der Waals surface area contributed by atoms with Gasteiger partial charge in [0.1, 0.15) is 0 Å². The van der Waals surface area contributed by atoms with Gasteiger partial charge < -0.3 is 4.48 Å². The molecular weight excluding hydrogens is 203 g/mol. The summed E-state index contributed by atoms with van der Waals surface area (Å²) in [5.41, 5.74) is 0. The van der Waals surface area contributed by atoms with E-state index >= 15 is 0 Å². The lowest BCUT2D eigenvalue weighted by atomic mass is 10.2. The Hall–Kier alpha value is -0.510. The van der Waals surface area contributed by atoms with Crippen LogP contribution < -0.4 is 0 Å². The highest BCUT2D eigenvalue weighted by Crippen LogP contribution is 2.21. The Balaban J connectivity index is 3.80. The Kier molecular flexibility index (Phi) is 5.95. The number of hydrogen-bond acceptors (Lipinski definition) is 0. The highest BCUT2D eigenvalue weighted by Gasteiger charge is 2.25. The van der Waals surface area contributed by atoms with Gasteiger partial charge in [-0.25, -0.2) is 0 Å². The highest BCUT2D eigenvalue weighted by molar-refractivity contribution is 4.82. The number of quaternary nitrogens is 1. The van der Waals surface area contributed by atoms with Crippen LogP contribution in [-0.4, -0.2) is 37.3 Å². The van der Waals surface area contributed by atoms with Gasteiger partial charge in [0.15, 0.2) is 0 Å². The second kappa shape index (κ2) is 6.16. The molecule has 0 aromatic heterocycles. The second-order valence-electron chi connectivity index (χ2n) is 4.06. The molecule has 0 heterocycles. The van der Waals surface area contributed by atoms with E-state index in [1.165, 1.54) is 0 Å². The van der Waals surface area contributed by atoms with Crippen molar-refractivity contribution < 1.29 is 17.7 Å². The Morgan fingerprint density at radius 3 is 2.00 bits per heavy atom. The van der Waals surface area contributed by atoms with E-state index in [4.69, 9.17) is 0 Å². The third-order valence-electron chi connectivity index (χ3n) is 2.83. The number of nitrogens with zero attached hydrogens (tertiary/aromatic N) is 1. The summed E-state index contributed by atoms with van der Waals surface area (Å²) in [5.74, 6) is 0. The largest absolute Gasteiger partial charge is 0.389 e. The molecule has 0 saturated carbocycles. The number of allylic oxidation sites excluding steroid dienone is 1.